The zero-order valence-electron chi connectivity index (χ0n) is 17.7. The van der Waals surface area contributed by atoms with Crippen molar-refractivity contribution in [3.8, 4) is 0 Å². The molecule has 9 heteroatoms. The van der Waals surface area contributed by atoms with Gasteiger partial charge in [0.15, 0.2) is 6.61 Å². The Morgan fingerprint density at radius 2 is 1.84 bits per heavy atom. The third kappa shape index (κ3) is 5.73. The number of hydrogen-bond donors (Lipinski definition) is 1. The lowest BCUT2D eigenvalue weighted by Crippen LogP contribution is -2.28. The molecule has 0 saturated carbocycles. The third-order valence-electron chi connectivity index (χ3n) is 4.96. The lowest BCUT2D eigenvalue weighted by Gasteiger charge is -2.17. The van der Waals surface area contributed by atoms with Gasteiger partial charge in [-0.15, -0.1) is 0 Å². The first-order chi connectivity index (χ1) is 15.3. The Kier molecular flexibility index (Phi) is 7.63. The van der Waals surface area contributed by atoms with Gasteiger partial charge in [-0.3, -0.25) is 14.4 Å². The summed E-state index contributed by atoms with van der Waals surface area (Å²) in [6, 6.07) is 11.8. The van der Waals surface area contributed by atoms with Crippen molar-refractivity contribution in [1.82, 2.24) is 0 Å². The average Bonchev–Trinajstić information content (AvgIpc) is 3.16. The van der Waals surface area contributed by atoms with Crippen molar-refractivity contribution in [3.05, 3.63) is 58.1 Å². The second-order valence-corrected chi connectivity index (χ2v) is 8.20. The van der Waals surface area contributed by atoms with Crippen molar-refractivity contribution in [2.45, 2.75) is 20.3 Å². The first kappa shape index (κ1) is 23.5. The molecule has 0 unspecified atom stereocenters. The van der Waals surface area contributed by atoms with Crippen LogP contribution in [0, 0.1) is 12.8 Å². The fraction of sp³-hybridized carbons (Fsp3) is 0.304. The first-order valence-electron chi connectivity index (χ1n) is 10.1. The molecule has 8 nitrogen and oxygen atoms in total. The van der Waals surface area contributed by atoms with Crippen LogP contribution in [0.15, 0.2) is 46.9 Å². The second-order valence-electron chi connectivity index (χ2n) is 7.29. The Morgan fingerprint density at radius 3 is 2.50 bits per heavy atom. The second kappa shape index (κ2) is 10.4. The molecule has 1 atom stereocenters. The maximum Gasteiger partial charge on any atom is 0.338 e. The number of nitrogens with zero attached hydrogens (tertiary/aromatic N) is 1. The maximum absolute atomic E-state index is 12.4. The van der Waals surface area contributed by atoms with E-state index < -0.39 is 30.4 Å². The van der Waals surface area contributed by atoms with Crippen LogP contribution in [-0.4, -0.2) is 43.5 Å². The van der Waals surface area contributed by atoms with Gasteiger partial charge in [-0.2, -0.15) is 0 Å². The van der Waals surface area contributed by atoms with Gasteiger partial charge in [-0.25, -0.2) is 4.79 Å². The lowest BCUT2D eigenvalue weighted by atomic mass is 10.1. The summed E-state index contributed by atoms with van der Waals surface area (Å²) >= 11 is 3.36. The average molecular weight is 503 g/mol. The number of esters is 2. The molecule has 0 radical (unpaired) electrons. The van der Waals surface area contributed by atoms with E-state index in [0.29, 0.717) is 16.9 Å². The highest BCUT2D eigenvalue weighted by Crippen LogP contribution is 2.26. The molecular weight excluding hydrogens is 480 g/mol. The molecule has 0 bridgehead atoms. The Balaban J connectivity index is 1.53. The maximum atomic E-state index is 12.4. The molecule has 0 aliphatic carbocycles. The number of anilines is 2. The van der Waals surface area contributed by atoms with Gasteiger partial charge in [0.05, 0.1) is 18.1 Å². The van der Waals surface area contributed by atoms with E-state index >= 15 is 0 Å². The van der Waals surface area contributed by atoms with Crippen molar-refractivity contribution in [2.24, 2.45) is 5.92 Å². The minimum atomic E-state index is -0.672. The third-order valence-corrected chi connectivity index (χ3v) is 5.45. The van der Waals surface area contributed by atoms with Gasteiger partial charge in [0, 0.05) is 28.8 Å². The minimum absolute atomic E-state index is 0.00804. The van der Waals surface area contributed by atoms with Crippen molar-refractivity contribution in [1.29, 1.82) is 0 Å². The van der Waals surface area contributed by atoms with Crippen LogP contribution in [-0.2, 0) is 23.9 Å². The number of carbonyl (C=O) groups excluding carboxylic acids is 4. The molecule has 1 fully saturated rings. The molecule has 2 amide bonds. The number of aryl methyl sites for hydroxylation is 1. The number of rotatable bonds is 7. The summed E-state index contributed by atoms with van der Waals surface area (Å²) < 4.78 is 11.0. The summed E-state index contributed by atoms with van der Waals surface area (Å²) in [6.07, 6.45) is -0.00804. The summed E-state index contributed by atoms with van der Waals surface area (Å²) in [5.41, 5.74) is 2.44. The predicted molar refractivity (Wildman–Crippen MR) is 121 cm³/mol. The molecule has 1 aliphatic heterocycles. The Labute approximate surface area is 194 Å². The summed E-state index contributed by atoms with van der Waals surface area (Å²) in [4.78, 5) is 50.2. The van der Waals surface area contributed by atoms with Crippen LogP contribution < -0.4 is 10.2 Å². The van der Waals surface area contributed by atoms with Gasteiger partial charge in [-0.05, 0) is 61.9 Å². The number of amides is 2. The fourth-order valence-corrected chi connectivity index (χ4v) is 3.79. The molecule has 1 heterocycles. The van der Waals surface area contributed by atoms with Crippen LogP contribution in [0.4, 0.5) is 11.4 Å². The molecule has 168 valence electrons. The fourth-order valence-electron chi connectivity index (χ4n) is 3.32. The summed E-state index contributed by atoms with van der Waals surface area (Å²) in [5.74, 6) is -2.41. The largest absolute Gasteiger partial charge is 0.462 e. The molecule has 0 aromatic heterocycles. The quantitative estimate of drug-likeness (QED) is 0.581. The van der Waals surface area contributed by atoms with Gasteiger partial charge >= 0.3 is 11.9 Å². The molecular formula is C23H23BrN2O6. The van der Waals surface area contributed by atoms with Crippen molar-refractivity contribution in [3.63, 3.8) is 0 Å². The normalized spacial score (nSPS) is 15.4. The van der Waals surface area contributed by atoms with Crippen molar-refractivity contribution in [2.75, 3.05) is 30.0 Å². The molecule has 2 aromatic rings. The van der Waals surface area contributed by atoms with Crippen LogP contribution in [0.2, 0.25) is 0 Å². The van der Waals surface area contributed by atoms with Crippen LogP contribution >= 0.6 is 15.9 Å². The molecule has 1 N–H and O–H groups in total. The highest BCUT2D eigenvalue weighted by Gasteiger charge is 2.36. The molecule has 0 spiro atoms. The summed E-state index contributed by atoms with van der Waals surface area (Å²) in [6.45, 7) is 3.55. The molecule has 1 aliphatic rings. The summed E-state index contributed by atoms with van der Waals surface area (Å²) in [5, 5.41) is 2.70. The van der Waals surface area contributed by atoms with Gasteiger partial charge in [0.1, 0.15) is 0 Å². The Bertz CT molecular complexity index is 1040. The topological polar surface area (TPSA) is 102 Å². The minimum Gasteiger partial charge on any atom is -0.462 e. The summed E-state index contributed by atoms with van der Waals surface area (Å²) in [7, 11) is 0. The van der Waals surface area contributed by atoms with Gasteiger partial charge in [0.25, 0.3) is 5.91 Å². The van der Waals surface area contributed by atoms with Crippen LogP contribution in [0.25, 0.3) is 0 Å². The van der Waals surface area contributed by atoms with E-state index in [9.17, 15) is 19.2 Å². The van der Waals surface area contributed by atoms with Gasteiger partial charge in [0.2, 0.25) is 5.91 Å². The predicted octanol–water partition coefficient (Wildman–Crippen LogP) is 3.47. The van der Waals surface area contributed by atoms with Crippen LogP contribution in [0.3, 0.4) is 0 Å². The monoisotopic (exact) mass is 502 g/mol. The number of carbonyl (C=O) groups is 4. The number of ether oxygens (including phenoxy) is 2. The van der Waals surface area contributed by atoms with E-state index in [2.05, 4.69) is 21.2 Å². The molecule has 32 heavy (non-hydrogen) atoms. The van der Waals surface area contributed by atoms with Crippen molar-refractivity contribution >= 4 is 51.1 Å². The Hall–Kier alpha value is -3.20. The molecule has 1 saturated heterocycles. The van der Waals surface area contributed by atoms with E-state index in [0.717, 1.165) is 10.0 Å². The van der Waals surface area contributed by atoms with Crippen LogP contribution in [0.1, 0.15) is 29.3 Å². The lowest BCUT2D eigenvalue weighted by molar-refractivity contribution is -0.151. The van der Waals surface area contributed by atoms with E-state index in [1.807, 2.05) is 13.0 Å². The number of halogens is 1. The van der Waals surface area contributed by atoms with E-state index in [1.165, 1.54) is 4.90 Å². The van der Waals surface area contributed by atoms with Gasteiger partial charge < -0.3 is 19.7 Å². The zero-order chi connectivity index (χ0) is 23.3. The van der Waals surface area contributed by atoms with Crippen LogP contribution in [0.5, 0.6) is 0 Å². The zero-order valence-corrected chi connectivity index (χ0v) is 19.3. The number of benzene rings is 2. The van der Waals surface area contributed by atoms with E-state index in [1.54, 1.807) is 43.3 Å². The number of hydrogen-bond acceptors (Lipinski definition) is 6. The van der Waals surface area contributed by atoms with Gasteiger partial charge in [-0.1, -0.05) is 15.9 Å². The highest BCUT2D eigenvalue weighted by atomic mass is 79.9. The number of nitrogens with one attached hydrogen (secondary N) is 1. The molecule has 3 rings (SSSR count). The standard InChI is InChI=1S/C23H23BrN2O6/c1-3-31-22(29)15-4-7-18(8-5-15)26-12-16(11-21(26)28)23(30)32-13-20(27)25-19-9-6-17(24)10-14(19)2/h4-10,16H,3,11-13H2,1-2H3,(H,25,27)/t16-/m0/s1. The molecule has 2 aromatic carbocycles. The van der Waals surface area contributed by atoms with Crippen molar-refractivity contribution < 1.29 is 28.7 Å². The smallest absolute Gasteiger partial charge is 0.338 e. The van der Waals surface area contributed by atoms with E-state index in [-0.39, 0.29) is 25.5 Å². The highest BCUT2D eigenvalue weighted by molar-refractivity contribution is 9.10. The van der Waals surface area contributed by atoms with E-state index in [4.69, 9.17) is 9.47 Å². The Morgan fingerprint density at radius 1 is 1.12 bits per heavy atom. The SMILES string of the molecule is CCOC(=O)c1ccc(N2C[C@@H](C(=O)OCC(=O)Nc3ccc(Br)cc3C)CC2=O)cc1. The first-order valence-corrected chi connectivity index (χ1v) is 10.9.